The second-order valence-electron chi connectivity index (χ2n) is 27.9. The van der Waals surface area contributed by atoms with Crippen LogP contribution in [0.5, 0.6) is 0 Å². The molecule has 0 radical (unpaired) electrons. The number of aliphatic hydroxyl groups excluding tert-OH is 1. The highest BCUT2D eigenvalue weighted by Crippen LogP contribution is 2.45. The second-order valence-corrected chi connectivity index (χ2v) is 30.8. The molecule has 0 bridgehead atoms. The zero-order valence-electron chi connectivity index (χ0n) is 60.7. The van der Waals surface area contributed by atoms with Crippen molar-refractivity contribution in [3.05, 3.63) is 0 Å². The number of esters is 4. The molecule has 0 aliphatic rings. The van der Waals surface area contributed by atoms with E-state index in [4.69, 9.17) is 37.0 Å². The molecular formula is C74H144O17P2. The molecule has 0 amide bonds. The molecule has 0 aliphatic heterocycles. The minimum Gasteiger partial charge on any atom is -0.462 e. The van der Waals surface area contributed by atoms with Crippen LogP contribution in [-0.2, 0) is 65.4 Å². The van der Waals surface area contributed by atoms with E-state index in [1.807, 2.05) is 0 Å². The number of carbonyl (C=O) groups is 4. The SMILES string of the molecule is CCCCCCCCCCCCCCCCCCC(=O)OC[C@H](COP(=O)(O)OC[C@@H](O)COP(=O)(O)OC[C@@H](COC(=O)CCCCCCCCC(C)CC)OC(=O)CCCCCCCCCC(C)C)OC(=O)CCCCCCCCCCCCCCCCC(C)C. The van der Waals surface area contributed by atoms with Gasteiger partial charge < -0.3 is 33.8 Å². The highest BCUT2D eigenvalue weighted by Gasteiger charge is 2.30. The maximum atomic E-state index is 13.1. The van der Waals surface area contributed by atoms with Gasteiger partial charge in [0, 0.05) is 25.7 Å². The molecule has 3 N–H and O–H groups in total. The third-order valence-electron chi connectivity index (χ3n) is 17.5. The van der Waals surface area contributed by atoms with Crippen LogP contribution in [0.1, 0.15) is 376 Å². The van der Waals surface area contributed by atoms with Gasteiger partial charge in [-0.2, -0.15) is 0 Å². The Morgan fingerprint density at radius 2 is 0.548 bits per heavy atom. The average molecular weight is 1370 g/mol. The van der Waals surface area contributed by atoms with Gasteiger partial charge in [0.25, 0.3) is 0 Å². The van der Waals surface area contributed by atoms with Crippen LogP contribution in [0.4, 0.5) is 0 Å². The van der Waals surface area contributed by atoms with Crippen LogP contribution >= 0.6 is 15.6 Å². The third kappa shape index (κ3) is 67.0. The van der Waals surface area contributed by atoms with E-state index in [9.17, 15) is 43.2 Å². The van der Waals surface area contributed by atoms with E-state index in [1.54, 1.807) is 0 Å². The monoisotopic (exact) mass is 1370 g/mol. The van der Waals surface area contributed by atoms with Gasteiger partial charge >= 0.3 is 39.5 Å². The van der Waals surface area contributed by atoms with Crippen molar-refractivity contribution in [3.63, 3.8) is 0 Å². The molecule has 6 atom stereocenters. The molecule has 0 aliphatic carbocycles. The first kappa shape index (κ1) is 91.1. The van der Waals surface area contributed by atoms with Crippen molar-refractivity contribution in [1.29, 1.82) is 0 Å². The predicted molar refractivity (Wildman–Crippen MR) is 377 cm³/mol. The minimum atomic E-state index is -4.96. The van der Waals surface area contributed by atoms with Gasteiger partial charge in [0.1, 0.15) is 19.3 Å². The van der Waals surface area contributed by atoms with Gasteiger partial charge in [-0.3, -0.25) is 37.3 Å². The van der Waals surface area contributed by atoms with Gasteiger partial charge in [-0.15, -0.1) is 0 Å². The highest BCUT2D eigenvalue weighted by molar-refractivity contribution is 7.47. The summed E-state index contributed by atoms with van der Waals surface area (Å²) in [5.41, 5.74) is 0. The number of unbranched alkanes of at least 4 members (excludes halogenated alkanes) is 39. The molecule has 3 unspecified atom stereocenters. The summed E-state index contributed by atoms with van der Waals surface area (Å²) in [6.45, 7) is 11.8. The van der Waals surface area contributed by atoms with Gasteiger partial charge in [0.15, 0.2) is 12.2 Å². The first-order valence-corrected chi connectivity index (χ1v) is 41.4. The van der Waals surface area contributed by atoms with Crippen LogP contribution in [0.25, 0.3) is 0 Å². The molecule has 17 nitrogen and oxygen atoms in total. The standard InChI is InChI=1S/C74H144O17P2/c1-8-10-11-12-13-14-15-16-17-18-22-25-28-33-41-48-55-71(76)84-61-69(90-73(78)57-50-43-34-29-26-23-20-19-21-24-27-31-38-45-52-65(3)4)63-88-92(80,81)86-59-68(75)60-87-93(82,83)89-64-70(91-74(79)58-51-44-35-30-32-39-46-53-66(5)6)62-85-72(77)56-49-42-37-36-40-47-54-67(7)9-2/h65-70,75H,8-64H2,1-7H3,(H,80,81)(H,82,83)/t67?,68-,69-,70-/m1/s1. The molecule has 0 aromatic rings. The van der Waals surface area contributed by atoms with E-state index in [-0.39, 0.29) is 25.7 Å². The quantitative estimate of drug-likeness (QED) is 0.0222. The van der Waals surface area contributed by atoms with Gasteiger partial charge in [-0.05, 0) is 43.4 Å². The molecule has 0 aromatic carbocycles. The molecule has 19 heteroatoms. The van der Waals surface area contributed by atoms with Crippen molar-refractivity contribution in [3.8, 4) is 0 Å². The van der Waals surface area contributed by atoms with Gasteiger partial charge in [-0.1, -0.05) is 325 Å². The number of hydrogen-bond acceptors (Lipinski definition) is 15. The lowest BCUT2D eigenvalue weighted by Crippen LogP contribution is -2.30. The molecule has 0 saturated carbocycles. The summed E-state index contributed by atoms with van der Waals surface area (Å²) >= 11 is 0. The Balaban J connectivity index is 5.23. The van der Waals surface area contributed by atoms with E-state index < -0.39 is 97.5 Å². The Morgan fingerprint density at radius 3 is 0.817 bits per heavy atom. The van der Waals surface area contributed by atoms with E-state index in [1.165, 1.54) is 180 Å². The highest BCUT2D eigenvalue weighted by atomic mass is 31.2. The van der Waals surface area contributed by atoms with Crippen molar-refractivity contribution < 1.29 is 80.2 Å². The average Bonchev–Trinajstić information content (AvgIpc) is 3.41. The van der Waals surface area contributed by atoms with Gasteiger partial charge in [0.2, 0.25) is 0 Å². The minimum absolute atomic E-state index is 0.102. The lowest BCUT2D eigenvalue weighted by molar-refractivity contribution is -0.161. The van der Waals surface area contributed by atoms with Crippen molar-refractivity contribution in [2.75, 3.05) is 39.6 Å². The Bertz CT molecular complexity index is 1820. The molecule has 0 saturated heterocycles. The first-order valence-electron chi connectivity index (χ1n) is 38.4. The number of ether oxygens (including phenoxy) is 4. The van der Waals surface area contributed by atoms with Crippen molar-refractivity contribution in [2.45, 2.75) is 394 Å². The lowest BCUT2D eigenvalue weighted by Gasteiger charge is -2.21. The van der Waals surface area contributed by atoms with Crippen molar-refractivity contribution in [2.24, 2.45) is 17.8 Å². The van der Waals surface area contributed by atoms with Gasteiger partial charge in [0.05, 0.1) is 26.4 Å². The number of hydrogen-bond donors (Lipinski definition) is 3. The van der Waals surface area contributed by atoms with E-state index in [0.717, 1.165) is 108 Å². The largest absolute Gasteiger partial charge is 0.472 e. The normalized spacial score (nSPS) is 14.4. The first-order chi connectivity index (χ1) is 44.8. The number of phosphoric ester groups is 2. The van der Waals surface area contributed by atoms with Crippen molar-refractivity contribution in [1.82, 2.24) is 0 Å². The Morgan fingerprint density at radius 1 is 0.312 bits per heavy atom. The number of phosphoric acid groups is 2. The zero-order chi connectivity index (χ0) is 68.7. The topological polar surface area (TPSA) is 237 Å². The summed E-state index contributed by atoms with van der Waals surface area (Å²) in [5.74, 6) is 0.0982. The molecule has 0 aromatic heterocycles. The number of aliphatic hydroxyl groups is 1. The zero-order valence-corrected chi connectivity index (χ0v) is 62.5. The lowest BCUT2D eigenvalue weighted by atomic mass is 10.00. The summed E-state index contributed by atoms with van der Waals surface area (Å²) in [4.78, 5) is 72.7. The number of carbonyl (C=O) groups excluding carboxylic acids is 4. The Hall–Kier alpha value is -1.94. The van der Waals surface area contributed by atoms with Crippen LogP contribution in [0.3, 0.4) is 0 Å². The summed E-state index contributed by atoms with van der Waals surface area (Å²) in [7, 11) is -9.91. The van der Waals surface area contributed by atoms with Crippen LogP contribution in [0, 0.1) is 17.8 Å². The molecule has 93 heavy (non-hydrogen) atoms. The van der Waals surface area contributed by atoms with Crippen LogP contribution in [0.15, 0.2) is 0 Å². The molecule has 0 fully saturated rings. The van der Waals surface area contributed by atoms with E-state index in [0.29, 0.717) is 31.6 Å². The van der Waals surface area contributed by atoms with Crippen LogP contribution in [-0.4, -0.2) is 96.7 Å². The van der Waals surface area contributed by atoms with Crippen molar-refractivity contribution >= 4 is 39.5 Å². The fourth-order valence-electron chi connectivity index (χ4n) is 11.2. The molecule has 0 heterocycles. The molecule has 0 spiro atoms. The van der Waals surface area contributed by atoms with Crippen LogP contribution < -0.4 is 0 Å². The summed E-state index contributed by atoms with van der Waals surface area (Å²) < 4.78 is 68.4. The third-order valence-corrected chi connectivity index (χ3v) is 19.4. The summed E-state index contributed by atoms with van der Waals surface area (Å²) in [6, 6.07) is 0. The maximum Gasteiger partial charge on any atom is 0.472 e. The van der Waals surface area contributed by atoms with E-state index in [2.05, 4.69) is 48.5 Å². The Labute approximate surface area is 568 Å². The molecule has 0 rings (SSSR count). The fourth-order valence-corrected chi connectivity index (χ4v) is 12.8. The second kappa shape index (κ2) is 64.7. The molecule has 552 valence electrons. The maximum absolute atomic E-state index is 13.1. The number of rotatable bonds is 72. The van der Waals surface area contributed by atoms with E-state index >= 15 is 0 Å². The predicted octanol–water partition coefficient (Wildman–Crippen LogP) is 21.4. The summed E-state index contributed by atoms with van der Waals surface area (Å²) in [6.07, 6.45) is 50.1. The fraction of sp³-hybridized carbons (Fsp3) is 0.946. The Kier molecular flexibility index (Phi) is 63.4. The van der Waals surface area contributed by atoms with Crippen LogP contribution in [0.2, 0.25) is 0 Å². The molecular weight excluding hydrogens is 1220 g/mol. The summed E-state index contributed by atoms with van der Waals surface area (Å²) in [5, 5.41) is 10.6. The smallest absolute Gasteiger partial charge is 0.462 e. The van der Waals surface area contributed by atoms with Gasteiger partial charge in [-0.25, -0.2) is 9.13 Å².